The molecular weight excluding hydrogens is 490 g/mol. The van der Waals surface area contributed by atoms with Crippen molar-refractivity contribution in [3.05, 3.63) is 109 Å². The number of ether oxygens (including phenoxy) is 3. The van der Waals surface area contributed by atoms with Crippen LogP contribution < -0.4 is 10.1 Å². The number of carbonyl (C=O) groups is 2. The summed E-state index contributed by atoms with van der Waals surface area (Å²) >= 11 is 0. The molecule has 0 aliphatic heterocycles. The van der Waals surface area contributed by atoms with Crippen LogP contribution in [0.3, 0.4) is 0 Å². The lowest BCUT2D eigenvalue weighted by molar-refractivity contribution is -0.143. The van der Waals surface area contributed by atoms with Crippen LogP contribution in [0.4, 0.5) is 4.79 Å². The van der Waals surface area contributed by atoms with Crippen molar-refractivity contribution in [1.29, 1.82) is 0 Å². The standard InChI is InChI=1S/C33H33NO5/c1-33(2,3)39-32(36)34-30(31(35)37-4)22-23-10-18-28(19-11-23)38-29-20-16-27(17-21-29)26-14-12-25(13-15-26)24-8-6-5-7-9-24/h5-21,30H,22H2,1-4H3,(H,34,36)/t30-/m0/s1. The summed E-state index contributed by atoms with van der Waals surface area (Å²) in [5.41, 5.74) is 4.77. The largest absolute Gasteiger partial charge is 0.467 e. The number of amides is 1. The number of alkyl carbamates (subject to hydrolysis) is 1. The number of hydrogen-bond donors (Lipinski definition) is 1. The molecule has 0 aromatic heterocycles. The van der Waals surface area contributed by atoms with E-state index in [1.807, 2.05) is 66.7 Å². The fraction of sp³-hybridized carbons (Fsp3) is 0.212. The summed E-state index contributed by atoms with van der Waals surface area (Å²) in [6.07, 6.45) is -0.419. The van der Waals surface area contributed by atoms with Gasteiger partial charge in [0.25, 0.3) is 0 Å². The molecule has 0 heterocycles. The van der Waals surface area contributed by atoms with Crippen molar-refractivity contribution in [3.63, 3.8) is 0 Å². The van der Waals surface area contributed by atoms with E-state index >= 15 is 0 Å². The van der Waals surface area contributed by atoms with Gasteiger partial charge in [0, 0.05) is 6.42 Å². The van der Waals surface area contributed by atoms with Gasteiger partial charge in [-0.25, -0.2) is 9.59 Å². The number of methoxy groups -OCH3 is 1. The molecule has 4 aromatic rings. The van der Waals surface area contributed by atoms with Crippen molar-refractivity contribution in [1.82, 2.24) is 5.32 Å². The Morgan fingerprint density at radius 2 is 1.15 bits per heavy atom. The third-order valence-corrected chi connectivity index (χ3v) is 5.96. The molecule has 0 unspecified atom stereocenters. The fourth-order valence-corrected chi connectivity index (χ4v) is 4.05. The van der Waals surface area contributed by atoms with Gasteiger partial charge in [-0.15, -0.1) is 0 Å². The molecule has 200 valence electrons. The van der Waals surface area contributed by atoms with Crippen molar-refractivity contribution >= 4 is 12.1 Å². The first kappa shape index (κ1) is 27.5. The lowest BCUT2D eigenvalue weighted by Crippen LogP contribution is -2.45. The third-order valence-electron chi connectivity index (χ3n) is 5.96. The summed E-state index contributed by atoms with van der Waals surface area (Å²) in [5, 5.41) is 2.59. The van der Waals surface area contributed by atoms with E-state index in [0.717, 1.165) is 16.7 Å². The van der Waals surface area contributed by atoms with Crippen molar-refractivity contribution in [3.8, 4) is 33.8 Å². The third kappa shape index (κ3) is 7.95. The van der Waals surface area contributed by atoms with Crippen LogP contribution in [0.25, 0.3) is 22.3 Å². The highest BCUT2D eigenvalue weighted by Crippen LogP contribution is 2.28. The smallest absolute Gasteiger partial charge is 0.408 e. The second kappa shape index (κ2) is 12.3. The number of hydrogen-bond acceptors (Lipinski definition) is 5. The predicted molar refractivity (Wildman–Crippen MR) is 153 cm³/mol. The van der Waals surface area contributed by atoms with Crippen LogP contribution in [-0.2, 0) is 20.7 Å². The van der Waals surface area contributed by atoms with Gasteiger partial charge in [0.05, 0.1) is 7.11 Å². The van der Waals surface area contributed by atoms with Gasteiger partial charge in [-0.3, -0.25) is 0 Å². The molecule has 0 saturated carbocycles. The van der Waals surface area contributed by atoms with Crippen LogP contribution in [0, 0.1) is 0 Å². The zero-order chi connectivity index (χ0) is 27.8. The Bertz CT molecular complexity index is 1370. The molecule has 39 heavy (non-hydrogen) atoms. The second-order valence-electron chi connectivity index (χ2n) is 10.1. The molecule has 0 aliphatic carbocycles. The van der Waals surface area contributed by atoms with E-state index in [9.17, 15) is 9.59 Å². The zero-order valence-corrected chi connectivity index (χ0v) is 22.6. The minimum Gasteiger partial charge on any atom is -0.467 e. The highest BCUT2D eigenvalue weighted by atomic mass is 16.6. The molecule has 0 aliphatic rings. The first-order valence-corrected chi connectivity index (χ1v) is 12.8. The molecular formula is C33H33NO5. The Hall–Kier alpha value is -4.58. The number of nitrogens with one attached hydrogen (secondary N) is 1. The van der Waals surface area contributed by atoms with Crippen LogP contribution in [0.15, 0.2) is 103 Å². The Kier molecular flexibility index (Phi) is 8.67. The lowest BCUT2D eigenvalue weighted by atomic mass is 10.0. The van der Waals surface area contributed by atoms with Gasteiger partial charge in [0.2, 0.25) is 0 Å². The zero-order valence-electron chi connectivity index (χ0n) is 22.6. The van der Waals surface area contributed by atoms with Gasteiger partial charge < -0.3 is 19.5 Å². The molecule has 4 rings (SSSR count). The van der Waals surface area contributed by atoms with Crippen molar-refractivity contribution < 1.29 is 23.8 Å². The molecule has 6 heteroatoms. The van der Waals surface area contributed by atoms with Crippen LogP contribution in [0.5, 0.6) is 11.5 Å². The molecule has 0 spiro atoms. The molecule has 1 amide bonds. The summed E-state index contributed by atoms with van der Waals surface area (Å²) in [7, 11) is 1.29. The van der Waals surface area contributed by atoms with E-state index in [1.54, 1.807) is 20.8 Å². The van der Waals surface area contributed by atoms with E-state index in [0.29, 0.717) is 11.5 Å². The lowest BCUT2D eigenvalue weighted by Gasteiger charge is -2.22. The average Bonchev–Trinajstić information content (AvgIpc) is 2.93. The molecule has 0 saturated heterocycles. The second-order valence-corrected chi connectivity index (χ2v) is 10.1. The molecule has 0 fully saturated rings. The monoisotopic (exact) mass is 523 g/mol. The van der Waals surface area contributed by atoms with Crippen LogP contribution in [0.2, 0.25) is 0 Å². The first-order valence-electron chi connectivity index (χ1n) is 12.8. The normalized spacial score (nSPS) is 11.8. The van der Waals surface area contributed by atoms with Crippen LogP contribution in [0.1, 0.15) is 26.3 Å². The van der Waals surface area contributed by atoms with E-state index in [2.05, 4.69) is 41.7 Å². The average molecular weight is 524 g/mol. The van der Waals surface area contributed by atoms with E-state index < -0.39 is 23.7 Å². The van der Waals surface area contributed by atoms with Crippen molar-refractivity contribution in [2.24, 2.45) is 0 Å². The van der Waals surface area contributed by atoms with Gasteiger partial charge in [0.15, 0.2) is 0 Å². The molecule has 6 nitrogen and oxygen atoms in total. The number of carbonyl (C=O) groups excluding carboxylic acids is 2. The number of benzene rings is 4. The van der Waals surface area contributed by atoms with E-state index in [-0.39, 0.29) is 6.42 Å². The Balaban J connectivity index is 1.36. The maximum atomic E-state index is 12.2. The molecule has 0 bridgehead atoms. The predicted octanol–water partition coefficient (Wildman–Crippen LogP) is 7.42. The quantitative estimate of drug-likeness (QED) is 0.243. The molecule has 0 radical (unpaired) electrons. The Morgan fingerprint density at radius 3 is 1.64 bits per heavy atom. The molecule has 1 N–H and O–H groups in total. The molecule has 1 atom stereocenters. The summed E-state index contributed by atoms with van der Waals surface area (Å²) in [6, 6.07) is 33.2. The fourth-order valence-electron chi connectivity index (χ4n) is 4.05. The Labute approximate surface area is 229 Å². The van der Waals surface area contributed by atoms with Crippen LogP contribution in [-0.4, -0.2) is 30.8 Å². The highest BCUT2D eigenvalue weighted by Gasteiger charge is 2.25. The highest BCUT2D eigenvalue weighted by molar-refractivity contribution is 5.81. The summed E-state index contributed by atoms with van der Waals surface area (Å²) in [4.78, 5) is 24.4. The van der Waals surface area contributed by atoms with E-state index in [1.165, 1.54) is 18.2 Å². The van der Waals surface area contributed by atoms with Gasteiger partial charge >= 0.3 is 12.1 Å². The number of esters is 1. The maximum absolute atomic E-state index is 12.2. The minimum atomic E-state index is -0.870. The van der Waals surface area contributed by atoms with Crippen LogP contribution >= 0.6 is 0 Å². The van der Waals surface area contributed by atoms with Gasteiger partial charge in [-0.2, -0.15) is 0 Å². The first-order chi connectivity index (χ1) is 18.7. The van der Waals surface area contributed by atoms with Gasteiger partial charge in [-0.05, 0) is 72.9 Å². The van der Waals surface area contributed by atoms with Gasteiger partial charge in [0.1, 0.15) is 23.1 Å². The van der Waals surface area contributed by atoms with Gasteiger partial charge in [-0.1, -0.05) is 78.9 Å². The molecule has 4 aromatic carbocycles. The number of rotatable bonds is 8. The topological polar surface area (TPSA) is 73.9 Å². The summed E-state index contributed by atoms with van der Waals surface area (Å²) in [6.45, 7) is 5.28. The Morgan fingerprint density at radius 1 is 0.692 bits per heavy atom. The SMILES string of the molecule is COC(=O)[C@H](Cc1ccc(Oc2ccc(-c3ccc(-c4ccccc4)cc3)cc2)cc1)NC(=O)OC(C)(C)C. The maximum Gasteiger partial charge on any atom is 0.408 e. The minimum absolute atomic E-state index is 0.254. The van der Waals surface area contributed by atoms with E-state index in [4.69, 9.17) is 14.2 Å². The van der Waals surface area contributed by atoms with Crippen molar-refractivity contribution in [2.45, 2.75) is 38.8 Å². The summed E-state index contributed by atoms with van der Waals surface area (Å²) < 4.78 is 16.1. The van der Waals surface area contributed by atoms with Crippen molar-refractivity contribution in [2.75, 3.05) is 7.11 Å². The summed E-state index contributed by atoms with van der Waals surface area (Å²) in [5.74, 6) is 0.829.